The fourth-order valence-corrected chi connectivity index (χ4v) is 3.92. The lowest BCUT2D eigenvalue weighted by atomic mass is 10.1. The summed E-state index contributed by atoms with van der Waals surface area (Å²) in [4.78, 5) is 15.0. The molecule has 0 radical (unpaired) electrons. The molecule has 0 unspecified atom stereocenters. The van der Waals surface area contributed by atoms with Crippen LogP contribution in [0.2, 0.25) is 10.2 Å². The number of likely N-dealkylation sites (tertiary alicyclic amines) is 1. The van der Waals surface area contributed by atoms with Crippen molar-refractivity contribution in [3.8, 4) is 0 Å². The number of carbonyl (C=O) groups excluding carboxylic acids is 1. The summed E-state index contributed by atoms with van der Waals surface area (Å²) in [6.45, 7) is 4.29. The molecule has 3 rings (SSSR count). The molecule has 1 N–H and O–H groups in total. The summed E-state index contributed by atoms with van der Waals surface area (Å²) in [6.07, 6.45) is 2.34. The number of nitrogens with zero attached hydrogens (tertiary/aromatic N) is 3. The van der Waals surface area contributed by atoms with Crippen molar-refractivity contribution in [1.82, 2.24) is 20.0 Å². The molecule has 0 aliphatic carbocycles. The fourth-order valence-electron chi connectivity index (χ4n) is 3.40. The fraction of sp³-hybridized carbons (Fsp3) is 0.444. The van der Waals surface area contributed by atoms with Crippen LogP contribution in [0.3, 0.4) is 0 Å². The quantitative estimate of drug-likeness (QED) is 0.861. The molecular formula is C18H22Cl2N4O. The summed E-state index contributed by atoms with van der Waals surface area (Å²) in [7, 11) is 1.73. The molecule has 7 heteroatoms. The average Bonchev–Trinajstić information content (AvgIpc) is 3.18. The Labute approximate surface area is 157 Å². The van der Waals surface area contributed by atoms with Crippen molar-refractivity contribution in [2.45, 2.75) is 25.8 Å². The zero-order valence-electron chi connectivity index (χ0n) is 14.4. The van der Waals surface area contributed by atoms with E-state index in [4.69, 9.17) is 23.2 Å². The van der Waals surface area contributed by atoms with E-state index in [1.807, 2.05) is 24.3 Å². The molecule has 1 aliphatic rings. The number of aryl methyl sites for hydroxylation is 2. The molecule has 2 heterocycles. The Kier molecular flexibility index (Phi) is 5.67. The minimum absolute atomic E-state index is 0.0518. The van der Waals surface area contributed by atoms with Crippen LogP contribution >= 0.6 is 23.2 Å². The van der Waals surface area contributed by atoms with Crippen molar-refractivity contribution < 1.29 is 4.79 Å². The normalized spacial score (nSPS) is 16.2. The largest absolute Gasteiger partial charge is 0.350 e. The predicted molar refractivity (Wildman–Crippen MR) is 100 cm³/mol. The van der Waals surface area contributed by atoms with E-state index in [2.05, 4.69) is 15.3 Å². The van der Waals surface area contributed by atoms with Crippen LogP contribution in [0.15, 0.2) is 24.3 Å². The molecule has 1 atom stereocenters. The highest BCUT2D eigenvalue weighted by Crippen LogP contribution is 2.30. The van der Waals surface area contributed by atoms with E-state index in [0.29, 0.717) is 23.0 Å². The van der Waals surface area contributed by atoms with Crippen LogP contribution in [-0.4, -0.2) is 40.2 Å². The molecule has 1 aromatic carbocycles. The van der Waals surface area contributed by atoms with Gasteiger partial charge in [0.1, 0.15) is 5.15 Å². The third-order valence-corrected chi connectivity index (χ3v) is 5.46. The van der Waals surface area contributed by atoms with Crippen LogP contribution in [0.25, 0.3) is 0 Å². The Bertz CT molecular complexity index is 768. The lowest BCUT2D eigenvalue weighted by molar-refractivity contribution is 0.0937. The monoisotopic (exact) mass is 380 g/mol. The van der Waals surface area contributed by atoms with Gasteiger partial charge in [0, 0.05) is 18.6 Å². The average molecular weight is 381 g/mol. The van der Waals surface area contributed by atoms with Gasteiger partial charge in [-0.1, -0.05) is 41.4 Å². The number of benzene rings is 1. The first-order valence-corrected chi connectivity index (χ1v) is 9.20. The Morgan fingerprint density at radius 2 is 1.96 bits per heavy atom. The van der Waals surface area contributed by atoms with Crippen LogP contribution in [0.4, 0.5) is 0 Å². The van der Waals surface area contributed by atoms with Gasteiger partial charge in [0.15, 0.2) is 0 Å². The standard InChI is InChI=1S/C18H22Cl2N4O/c1-12-16(17(20)23(2)22-12)18(25)21-11-15(24-9-5-6-10-24)13-7-3-4-8-14(13)19/h3-4,7-8,15H,5-6,9-11H2,1-2H3,(H,21,25)/t15-/m0/s1. The maximum Gasteiger partial charge on any atom is 0.256 e. The van der Waals surface area contributed by atoms with E-state index in [0.717, 1.165) is 23.7 Å². The van der Waals surface area contributed by atoms with Crippen LogP contribution in [0.5, 0.6) is 0 Å². The van der Waals surface area contributed by atoms with Crippen LogP contribution < -0.4 is 5.32 Å². The molecule has 1 saturated heterocycles. The van der Waals surface area contributed by atoms with E-state index in [-0.39, 0.29) is 11.9 Å². The highest BCUT2D eigenvalue weighted by atomic mass is 35.5. The van der Waals surface area contributed by atoms with Crippen molar-refractivity contribution in [2.24, 2.45) is 7.05 Å². The number of hydrogen-bond donors (Lipinski definition) is 1. The number of nitrogens with one attached hydrogen (secondary N) is 1. The highest BCUT2D eigenvalue weighted by molar-refractivity contribution is 6.33. The smallest absolute Gasteiger partial charge is 0.256 e. The second-order valence-electron chi connectivity index (χ2n) is 6.37. The summed E-state index contributed by atoms with van der Waals surface area (Å²) >= 11 is 12.6. The molecule has 5 nitrogen and oxygen atoms in total. The van der Waals surface area contributed by atoms with Gasteiger partial charge in [0.2, 0.25) is 0 Å². The molecule has 1 aliphatic heterocycles. The van der Waals surface area contributed by atoms with Gasteiger partial charge in [-0.05, 0) is 44.5 Å². The van der Waals surface area contributed by atoms with Gasteiger partial charge in [-0.25, -0.2) is 0 Å². The van der Waals surface area contributed by atoms with E-state index < -0.39 is 0 Å². The first-order chi connectivity index (χ1) is 12.0. The summed E-state index contributed by atoms with van der Waals surface area (Å²) in [6, 6.07) is 7.87. The molecule has 1 fully saturated rings. The first-order valence-electron chi connectivity index (χ1n) is 8.44. The lowest BCUT2D eigenvalue weighted by Gasteiger charge is -2.29. The van der Waals surface area contributed by atoms with Crippen LogP contribution in [0, 0.1) is 6.92 Å². The lowest BCUT2D eigenvalue weighted by Crippen LogP contribution is -2.37. The number of hydrogen-bond acceptors (Lipinski definition) is 3. The highest BCUT2D eigenvalue weighted by Gasteiger charge is 2.27. The molecule has 1 amide bonds. The number of amides is 1. The van der Waals surface area contributed by atoms with Crippen LogP contribution in [0.1, 0.15) is 40.5 Å². The summed E-state index contributed by atoms with van der Waals surface area (Å²) in [5.74, 6) is -0.202. The maximum absolute atomic E-state index is 12.6. The SMILES string of the molecule is Cc1nn(C)c(Cl)c1C(=O)NC[C@@H](c1ccccc1Cl)N1CCCC1. The van der Waals surface area contributed by atoms with E-state index in [1.165, 1.54) is 17.5 Å². The molecule has 134 valence electrons. The molecule has 2 aromatic rings. The van der Waals surface area contributed by atoms with Gasteiger partial charge in [-0.15, -0.1) is 0 Å². The molecule has 0 spiro atoms. The van der Waals surface area contributed by atoms with Crippen molar-refractivity contribution in [3.05, 3.63) is 51.3 Å². The van der Waals surface area contributed by atoms with E-state index in [1.54, 1.807) is 14.0 Å². The number of aromatic nitrogens is 2. The summed E-state index contributed by atoms with van der Waals surface area (Å²) < 4.78 is 1.51. The second-order valence-corrected chi connectivity index (χ2v) is 7.13. The van der Waals surface area contributed by atoms with Gasteiger partial charge >= 0.3 is 0 Å². The second kappa shape index (κ2) is 7.77. The third kappa shape index (κ3) is 3.84. The maximum atomic E-state index is 12.6. The Morgan fingerprint density at radius 1 is 1.28 bits per heavy atom. The topological polar surface area (TPSA) is 50.2 Å². The Morgan fingerprint density at radius 3 is 2.56 bits per heavy atom. The van der Waals surface area contributed by atoms with Gasteiger partial charge in [-0.3, -0.25) is 14.4 Å². The Hall–Kier alpha value is -1.56. The van der Waals surface area contributed by atoms with Crippen molar-refractivity contribution in [2.75, 3.05) is 19.6 Å². The first kappa shape index (κ1) is 18.2. The molecule has 0 saturated carbocycles. The number of rotatable bonds is 5. The van der Waals surface area contributed by atoms with Crippen molar-refractivity contribution in [1.29, 1.82) is 0 Å². The summed E-state index contributed by atoms with van der Waals surface area (Å²) in [5.41, 5.74) is 2.10. The van der Waals surface area contributed by atoms with Gasteiger partial charge < -0.3 is 5.32 Å². The molecular weight excluding hydrogens is 359 g/mol. The van der Waals surface area contributed by atoms with Gasteiger partial charge in [0.25, 0.3) is 5.91 Å². The summed E-state index contributed by atoms with van der Waals surface area (Å²) in [5, 5.41) is 8.30. The molecule has 25 heavy (non-hydrogen) atoms. The minimum Gasteiger partial charge on any atom is -0.350 e. The number of halogens is 2. The van der Waals surface area contributed by atoms with Gasteiger partial charge in [-0.2, -0.15) is 5.10 Å². The van der Waals surface area contributed by atoms with Crippen molar-refractivity contribution >= 4 is 29.1 Å². The zero-order chi connectivity index (χ0) is 18.0. The zero-order valence-corrected chi connectivity index (χ0v) is 15.9. The van der Waals surface area contributed by atoms with Gasteiger partial charge in [0.05, 0.1) is 17.3 Å². The predicted octanol–water partition coefficient (Wildman–Crippen LogP) is 3.60. The van der Waals surface area contributed by atoms with Crippen LogP contribution in [-0.2, 0) is 7.05 Å². The third-order valence-electron chi connectivity index (χ3n) is 4.68. The molecule has 0 bridgehead atoms. The van der Waals surface area contributed by atoms with E-state index in [9.17, 15) is 4.79 Å². The Balaban J connectivity index is 1.79. The minimum atomic E-state index is -0.202. The number of carbonyl (C=O) groups is 1. The molecule has 1 aromatic heterocycles. The van der Waals surface area contributed by atoms with E-state index >= 15 is 0 Å². The van der Waals surface area contributed by atoms with Crippen molar-refractivity contribution in [3.63, 3.8) is 0 Å².